The molecular formula is C14H19ClN2O. The van der Waals surface area contributed by atoms with Crippen LogP contribution in [0.4, 0.5) is 5.69 Å². The minimum absolute atomic E-state index is 0.594. The molecule has 0 aliphatic carbocycles. The summed E-state index contributed by atoms with van der Waals surface area (Å²) in [5, 5.41) is 0.641. The molecule has 0 N–H and O–H groups in total. The summed E-state index contributed by atoms with van der Waals surface area (Å²) in [6.07, 6.45) is 3.33. The number of rotatable bonds is 4. The van der Waals surface area contributed by atoms with Crippen LogP contribution in [0.15, 0.2) is 18.2 Å². The van der Waals surface area contributed by atoms with Gasteiger partial charge in [-0.05, 0) is 44.6 Å². The highest BCUT2D eigenvalue weighted by Crippen LogP contribution is 2.27. The first kappa shape index (κ1) is 13.4. The predicted octanol–water partition coefficient (Wildman–Crippen LogP) is 2.68. The third-order valence-corrected chi connectivity index (χ3v) is 3.98. The maximum Gasteiger partial charge on any atom is 0.150 e. The Bertz CT molecular complexity index is 436. The molecule has 1 heterocycles. The number of likely N-dealkylation sites (tertiary alicyclic amines) is 1. The zero-order valence-corrected chi connectivity index (χ0v) is 11.7. The zero-order valence-electron chi connectivity index (χ0n) is 10.9. The highest BCUT2D eigenvalue weighted by atomic mass is 35.5. The van der Waals surface area contributed by atoms with Crippen molar-refractivity contribution < 1.29 is 4.79 Å². The molecule has 1 aromatic carbocycles. The van der Waals surface area contributed by atoms with E-state index in [0.29, 0.717) is 16.6 Å². The number of likely N-dealkylation sites (N-methyl/N-ethyl adjacent to an activating group) is 2. The quantitative estimate of drug-likeness (QED) is 0.783. The van der Waals surface area contributed by atoms with Crippen molar-refractivity contribution in [1.82, 2.24) is 4.90 Å². The fourth-order valence-corrected chi connectivity index (χ4v) is 2.86. The molecule has 2 rings (SSSR count). The molecule has 98 valence electrons. The Balaban J connectivity index is 2.08. The Labute approximate surface area is 113 Å². The Morgan fingerprint density at radius 3 is 2.89 bits per heavy atom. The maximum atomic E-state index is 10.7. The summed E-state index contributed by atoms with van der Waals surface area (Å²) >= 11 is 6.21. The van der Waals surface area contributed by atoms with E-state index in [2.05, 4.69) is 16.8 Å². The monoisotopic (exact) mass is 266 g/mol. The van der Waals surface area contributed by atoms with Crippen LogP contribution in [0, 0.1) is 0 Å². The first-order chi connectivity index (χ1) is 8.61. The van der Waals surface area contributed by atoms with Crippen LogP contribution in [0.25, 0.3) is 0 Å². The molecule has 0 radical (unpaired) electrons. The molecular weight excluding hydrogens is 248 g/mol. The number of benzene rings is 1. The van der Waals surface area contributed by atoms with Gasteiger partial charge in [0.1, 0.15) is 6.29 Å². The van der Waals surface area contributed by atoms with Crippen LogP contribution in [-0.4, -0.2) is 44.4 Å². The molecule has 1 aliphatic heterocycles. The van der Waals surface area contributed by atoms with Gasteiger partial charge in [-0.15, -0.1) is 0 Å². The van der Waals surface area contributed by atoms with Crippen LogP contribution in [0.5, 0.6) is 0 Å². The molecule has 0 spiro atoms. The van der Waals surface area contributed by atoms with E-state index >= 15 is 0 Å². The van der Waals surface area contributed by atoms with Crippen molar-refractivity contribution in [3.05, 3.63) is 28.8 Å². The van der Waals surface area contributed by atoms with Gasteiger partial charge in [0.25, 0.3) is 0 Å². The minimum atomic E-state index is 0.594. The molecule has 1 fully saturated rings. The van der Waals surface area contributed by atoms with Crippen molar-refractivity contribution in [2.24, 2.45) is 0 Å². The lowest BCUT2D eigenvalue weighted by molar-refractivity contribution is 0.112. The van der Waals surface area contributed by atoms with Crippen molar-refractivity contribution in [3.8, 4) is 0 Å². The van der Waals surface area contributed by atoms with Crippen LogP contribution in [-0.2, 0) is 0 Å². The van der Waals surface area contributed by atoms with Crippen molar-refractivity contribution >= 4 is 23.6 Å². The Kier molecular flexibility index (Phi) is 4.25. The maximum absolute atomic E-state index is 10.7. The summed E-state index contributed by atoms with van der Waals surface area (Å²) in [7, 11) is 4.22. The first-order valence-corrected chi connectivity index (χ1v) is 6.65. The van der Waals surface area contributed by atoms with Gasteiger partial charge in [-0.1, -0.05) is 11.6 Å². The molecule has 4 heteroatoms. The van der Waals surface area contributed by atoms with Gasteiger partial charge in [0, 0.05) is 25.2 Å². The predicted molar refractivity (Wildman–Crippen MR) is 75.8 cm³/mol. The van der Waals surface area contributed by atoms with E-state index < -0.39 is 0 Å². The van der Waals surface area contributed by atoms with E-state index in [0.717, 1.165) is 18.5 Å². The fraction of sp³-hybridized carbons (Fsp3) is 0.500. The second-order valence-electron chi connectivity index (χ2n) is 4.99. The van der Waals surface area contributed by atoms with E-state index in [9.17, 15) is 4.79 Å². The SMILES string of the molecule is CN(CC1CCCN1C)c1ccc(C=O)cc1Cl. The fourth-order valence-electron chi connectivity index (χ4n) is 2.53. The van der Waals surface area contributed by atoms with Gasteiger partial charge in [-0.3, -0.25) is 4.79 Å². The summed E-state index contributed by atoms with van der Waals surface area (Å²) in [5.74, 6) is 0. The van der Waals surface area contributed by atoms with Gasteiger partial charge >= 0.3 is 0 Å². The van der Waals surface area contributed by atoms with E-state index in [4.69, 9.17) is 11.6 Å². The highest BCUT2D eigenvalue weighted by Gasteiger charge is 2.22. The third kappa shape index (κ3) is 2.85. The molecule has 0 aromatic heterocycles. The Morgan fingerprint density at radius 2 is 2.33 bits per heavy atom. The van der Waals surface area contributed by atoms with Gasteiger partial charge in [-0.25, -0.2) is 0 Å². The normalized spacial score (nSPS) is 20.1. The number of hydrogen-bond acceptors (Lipinski definition) is 3. The summed E-state index contributed by atoms with van der Waals surface area (Å²) < 4.78 is 0. The lowest BCUT2D eigenvalue weighted by Crippen LogP contribution is -2.36. The number of carbonyl (C=O) groups is 1. The van der Waals surface area contributed by atoms with Crippen molar-refractivity contribution in [3.63, 3.8) is 0 Å². The lowest BCUT2D eigenvalue weighted by Gasteiger charge is -2.28. The molecule has 1 saturated heterocycles. The Hall–Kier alpha value is -1.06. The largest absolute Gasteiger partial charge is 0.372 e. The number of aldehydes is 1. The third-order valence-electron chi connectivity index (χ3n) is 3.68. The van der Waals surface area contributed by atoms with Crippen molar-refractivity contribution in [2.45, 2.75) is 18.9 Å². The van der Waals surface area contributed by atoms with Crippen LogP contribution >= 0.6 is 11.6 Å². The van der Waals surface area contributed by atoms with Crippen LogP contribution in [0.1, 0.15) is 23.2 Å². The Morgan fingerprint density at radius 1 is 1.56 bits per heavy atom. The average Bonchev–Trinajstić information content (AvgIpc) is 2.74. The van der Waals surface area contributed by atoms with Gasteiger partial charge in [0.05, 0.1) is 10.7 Å². The van der Waals surface area contributed by atoms with Gasteiger partial charge < -0.3 is 9.80 Å². The van der Waals surface area contributed by atoms with Crippen LogP contribution in [0.3, 0.4) is 0 Å². The number of halogens is 1. The molecule has 18 heavy (non-hydrogen) atoms. The summed E-state index contributed by atoms with van der Waals surface area (Å²) in [6.45, 7) is 2.15. The average molecular weight is 267 g/mol. The summed E-state index contributed by atoms with van der Waals surface area (Å²) in [6, 6.07) is 6.04. The van der Waals surface area contributed by atoms with Crippen LogP contribution in [0.2, 0.25) is 5.02 Å². The number of anilines is 1. The summed E-state index contributed by atoms with van der Waals surface area (Å²) in [5.41, 5.74) is 1.61. The molecule has 3 nitrogen and oxygen atoms in total. The second-order valence-corrected chi connectivity index (χ2v) is 5.39. The molecule has 1 unspecified atom stereocenters. The van der Waals surface area contributed by atoms with E-state index in [-0.39, 0.29) is 0 Å². The molecule has 0 saturated carbocycles. The molecule has 1 atom stereocenters. The van der Waals surface area contributed by atoms with E-state index in [1.54, 1.807) is 6.07 Å². The highest BCUT2D eigenvalue weighted by molar-refractivity contribution is 6.33. The first-order valence-electron chi connectivity index (χ1n) is 6.28. The van der Waals surface area contributed by atoms with Crippen molar-refractivity contribution in [1.29, 1.82) is 0 Å². The zero-order chi connectivity index (χ0) is 13.1. The minimum Gasteiger partial charge on any atom is -0.372 e. The molecule has 0 bridgehead atoms. The second kappa shape index (κ2) is 5.72. The van der Waals surface area contributed by atoms with Gasteiger partial charge in [-0.2, -0.15) is 0 Å². The standard InChI is InChI=1S/C14H19ClN2O/c1-16-7-3-4-12(16)9-17(2)14-6-5-11(10-18)8-13(14)15/h5-6,8,10,12H,3-4,7,9H2,1-2H3. The van der Waals surface area contributed by atoms with E-state index in [1.807, 2.05) is 19.2 Å². The summed E-state index contributed by atoms with van der Waals surface area (Å²) in [4.78, 5) is 15.2. The van der Waals surface area contributed by atoms with Crippen LogP contribution < -0.4 is 4.90 Å². The smallest absolute Gasteiger partial charge is 0.150 e. The van der Waals surface area contributed by atoms with Crippen molar-refractivity contribution in [2.75, 3.05) is 32.1 Å². The number of carbonyl (C=O) groups excluding carboxylic acids is 1. The molecule has 0 amide bonds. The molecule has 1 aromatic rings. The van der Waals surface area contributed by atoms with Gasteiger partial charge in [0.2, 0.25) is 0 Å². The topological polar surface area (TPSA) is 23.6 Å². The van der Waals surface area contributed by atoms with Gasteiger partial charge in [0.15, 0.2) is 0 Å². The molecule has 1 aliphatic rings. The van der Waals surface area contributed by atoms with E-state index in [1.165, 1.54) is 19.4 Å². The number of hydrogen-bond donors (Lipinski definition) is 0. The number of nitrogens with zero attached hydrogens (tertiary/aromatic N) is 2. The lowest BCUT2D eigenvalue weighted by atomic mass is 10.1.